The number of aliphatic hydroxyl groups excluding tert-OH is 1. The van der Waals surface area contributed by atoms with Crippen molar-refractivity contribution < 1.29 is 5.11 Å². The van der Waals surface area contributed by atoms with Crippen molar-refractivity contribution in [2.45, 2.75) is 18.9 Å². The van der Waals surface area contributed by atoms with Crippen LogP contribution in [0.25, 0.3) is 0 Å². The van der Waals surface area contributed by atoms with Crippen LogP contribution in [0, 0.1) is 5.92 Å². The molecule has 0 bridgehead atoms. The molecule has 2 saturated heterocycles. The van der Waals surface area contributed by atoms with Gasteiger partial charge in [-0.15, -0.1) is 0 Å². The number of nitrogens with one attached hydrogen (secondary N) is 1. The fraction of sp³-hybridized carbons (Fsp3) is 1.00. The van der Waals surface area contributed by atoms with E-state index in [1.807, 2.05) is 0 Å². The number of hydrogen-bond donors (Lipinski definition) is 2. The standard InChI is InChI=1S/C9H18N2O/c12-7-8-1-3-11-4-2-10-6-9(11)5-8/h8-10,12H,1-7H2/t8-,9+/m1/s1. The third kappa shape index (κ3) is 1.63. The second-order valence-corrected chi connectivity index (χ2v) is 3.97. The Kier molecular flexibility index (Phi) is 2.63. The van der Waals surface area contributed by atoms with Crippen molar-refractivity contribution in [1.82, 2.24) is 10.2 Å². The Morgan fingerprint density at radius 3 is 3.17 bits per heavy atom. The molecule has 3 heteroatoms. The van der Waals surface area contributed by atoms with Crippen molar-refractivity contribution in [3.05, 3.63) is 0 Å². The second-order valence-electron chi connectivity index (χ2n) is 3.97. The van der Waals surface area contributed by atoms with E-state index in [4.69, 9.17) is 5.11 Å². The molecule has 2 aliphatic rings. The molecule has 0 radical (unpaired) electrons. The normalized spacial score (nSPS) is 37.8. The average Bonchev–Trinajstić information content (AvgIpc) is 2.17. The van der Waals surface area contributed by atoms with Crippen LogP contribution >= 0.6 is 0 Å². The SMILES string of the molecule is OC[C@@H]1CCN2CCNC[C@@H]2C1. The Morgan fingerprint density at radius 1 is 1.42 bits per heavy atom. The minimum Gasteiger partial charge on any atom is -0.396 e. The summed E-state index contributed by atoms with van der Waals surface area (Å²) >= 11 is 0. The van der Waals surface area contributed by atoms with Gasteiger partial charge in [0.05, 0.1) is 0 Å². The molecule has 2 heterocycles. The van der Waals surface area contributed by atoms with Crippen LogP contribution in [0.15, 0.2) is 0 Å². The highest BCUT2D eigenvalue weighted by Gasteiger charge is 2.29. The van der Waals surface area contributed by atoms with Gasteiger partial charge in [0.1, 0.15) is 0 Å². The van der Waals surface area contributed by atoms with E-state index in [9.17, 15) is 0 Å². The topological polar surface area (TPSA) is 35.5 Å². The Morgan fingerprint density at radius 2 is 2.33 bits per heavy atom. The minimum absolute atomic E-state index is 0.379. The summed E-state index contributed by atoms with van der Waals surface area (Å²) in [7, 11) is 0. The molecule has 0 aromatic heterocycles. The maximum Gasteiger partial charge on any atom is 0.0460 e. The molecule has 0 spiro atoms. The van der Waals surface area contributed by atoms with Crippen molar-refractivity contribution >= 4 is 0 Å². The molecule has 2 N–H and O–H groups in total. The van der Waals surface area contributed by atoms with Crippen molar-refractivity contribution in [2.24, 2.45) is 5.92 Å². The quantitative estimate of drug-likeness (QED) is 0.565. The number of aliphatic hydroxyl groups is 1. The Hall–Kier alpha value is -0.120. The lowest BCUT2D eigenvalue weighted by Crippen LogP contribution is -2.54. The van der Waals surface area contributed by atoms with Crippen LogP contribution in [0.4, 0.5) is 0 Å². The van der Waals surface area contributed by atoms with Crippen molar-refractivity contribution in [1.29, 1.82) is 0 Å². The molecule has 3 nitrogen and oxygen atoms in total. The van der Waals surface area contributed by atoms with E-state index >= 15 is 0 Å². The Labute approximate surface area is 73.8 Å². The number of piperazine rings is 1. The summed E-state index contributed by atoms with van der Waals surface area (Å²) in [6.45, 7) is 5.03. The van der Waals surface area contributed by atoms with Gasteiger partial charge in [-0.25, -0.2) is 0 Å². The largest absolute Gasteiger partial charge is 0.396 e. The molecule has 12 heavy (non-hydrogen) atoms. The zero-order valence-corrected chi connectivity index (χ0v) is 7.50. The van der Waals surface area contributed by atoms with Gasteiger partial charge in [-0.1, -0.05) is 0 Å². The fourth-order valence-corrected chi connectivity index (χ4v) is 2.35. The minimum atomic E-state index is 0.379. The lowest BCUT2D eigenvalue weighted by molar-refractivity contribution is 0.0649. The maximum absolute atomic E-state index is 9.04. The fourth-order valence-electron chi connectivity index (χ4n) is 2.35. The van der Waals surface area contributed by atoms with Gasteiger partial charge >= 0.3 is 0 Å². The number of piperidine rings is 1. The molecule has 0 amide bonds. The maximum atomic E-state index is 9.04. The molecule has 0 aliphatic carbocycles. The summed E-state index contributed by atoms with van der Waals surface area (Å²) in [5, 5.41) is 12.4. The number of fused-ring (bicyclic) bond motifs is 1. The highest BCUT2D eigenvalue weighted by molar-refractivity contribution is 4.86. The van der Waals surface area contributed by atoms with E-state index in [2.05, 4.69) is 10.2 Å². The monoisotopic (exact) mass is 170 g/mol. The zero-order chi connectivity index (χ0) is 8.39. The van der Waals surface area contributed by atoms with Crippen molar-refractivity contribution in [3.8, 4) is 0 Å². The van der Waals surface area contributed by atoms with Gasteiger partial charge in [-0.2, -0.15) is 0 Å². The molecule has 2 rings (SSSR count). The highest BCUT2D eigenvalue weighted by atomic mass is 16.3. The van der Waals surface area contributed by atoms with Crippen LogP contribution in [0.5, 0.6) is 0 Å². The second kappa shape index (κ2) is 3.73. The molecule has 2 fully saturated rings. The smallest absolute Gasteiger partial charge is 0.0460 e. The predicted molar refractivity (Wildman–Crippen MR) is 48.0 cm³/mol. The molecule has 2 atom stereocenters. The number of nitrogens with zero attached hydrogens (tertiary/aromatic N) is 1. The first-order valence-electron chi connectivity index (χ1n) is 4.96. The van der Waals surface area contributed by atoms with Crippen LogP contribution in [0.2, 0.25) is 0 Å². The van der Waals surface area contributed by atoms with Gasteiger partial charge in [-0.3, -0.25) is 4.90 Å². The molecular weight excluding hydrogens is 152 g/mol. The Balaban J connectivity index is 1.90. The van der Waals surface area contributed by atoms with E-state index in [1.165, 1.54) is 25.9 Å². The molecule has 0 saturated carbocycles. The molecule has 2 aliphatic heterocycles. The van der Waals surface area contributed by atoms with Crippen molar-refractivity contribution in [3.63, 3.8) is 0 Å². The molecular formula is C9H18N2O. The number of hydrogen-bond acceptors (Lipinski definition) is 3. The lowest BCUT2D eigenvalue weighted by atomic mass is 9.90. The van der Waals surface area contributed by atoms with E-state index < -0.39 is 0 Å². The third-order valence-electron chi connectivity index (χ3n) is 3.16. The molecule has 70 valence electrons. The third-order valence-corrected chi connectivity index (χ3v) is 3.16. The first-order valence-corrected chi connectivity index (χ1v) is 4.96. The molecule has 0 unspecified atom stereocenters. The van der Waals surface area contributed by atoms with Gasteiger partial charge in [0, 0.05) is 32.3 Å². The zero-order valence-electron chi connectivity index (χ0n) is 7.50. The summed E-state index contributed by atoms with van der Waals surface area (Å²) in [5.41, 5.74) is 0. The van der Waals surface area contributed by atoms with Gasteiger partial charge in [-0.05, 0) is 25.3 Å². The first-order chi connectivity index (χ1) is 5.90. The number of rotatable bonds is 1. The van der Waals surface area contributed by atoms with Gasteiger partial charge < -0.3 is 10.4 Å². The van der Waals surface area contributed by atoms with Crippen LogP contribution in [0.3, 0.4) is 0 Å². The summed E-state index contributed by atoms with van der Waals surface area (Å²) in [6, 6.07) is 0.699. The van der Waals surface area contributed by atoms with Crippen molar-refractivity contribution in [2.75, 3.05) is 32.8 Å². The van der Waals surface area contributed by atoms with E-state index in [0.717, 1.165) is 13.1 Å². The van der Waals surface area contributed by atoms with E-state index in [0.29, 0.717) is 18.6 Å². The first kappa shape index (κ1) is 8.48. The predicted octanol–water partition coefficient (Wildman–Crippen LogP) is -0.337. The average molecular weight is 170 g/mol. The van der Waals surface area contributed by atoms with Crippen LogP contribution in [-0.4, -0.2) is 48.8 Å². The van der Waals surface area contributed by atoms with E-state index in [1.54, 1.807) is 0 Å². The van der Waals surface area contributed by atoms with Crippen LogP contribution < -0.4 is 5.32 Å². The summed E-state index contributed by atoms with van der Waals surface area (Å²) in [5.74, 6) is 0.561. The van der Waals surface area contributed by atoms with Gasteiger partial charge in [0.15, 0.2) is 0 Å². The molecule has 0 aromatic carbocycles. The van der Waals surface area contributed by atoms with Crippen LogP contribution in [-0.2, 0) is 0 Å². The van der Waals surface area contributed by atoms with E-state index in [-0.39, 0.29) is 0 Å². The van der Waals surface area contributed by atoms with Crippen LogP contribution in [0.1, 0.15) is 12.8 Å². The lowest BCUT2D eigenvalue weighted by Gasteiger charge is -2.42. The summed E-state index contributed by atoms with van der Waals surface area (Å²) in [6.07, 6.45) is 2.37. The highest BCUT2D eigenvalue weighted by Crippen LogP contribution is 2.22. The molecule has 0 aromatic rings. The van der Waals surface area contributed by atoms with Gasteiger partial charge in [0.2, 0.25) is 0 Å². The summed E-state index contributed by atoms with van der Waals surface area (Å²) in [4.78, 5) is 2.56. The van der Waals surface area contributed by atoms with Gasteiger partial charge in [0.25, 0.3) is 0 Å². The summed E-state index contributed by atoms with van der Waals surface area (Å²) < 4.78 is 0. The Bertz CT molecular complexity index is 151.